The molecule has 0 aliphatic rings. The minimum atomic E-state index is -0.714. The fourth-order valence-electron chi connectivity index (χ4n) is 5.22. The Bertz CT molecular complexity index is 1740. The van der Waals surface area contributed by atoms with Gasteiger partial charge in [-0.2, -0.15) is 0 Å². The van der Waals surface area contributed by atoms with Gasteiger partial charge in [0.1, 0.15) is 30.3 Å². The van der Waals surface area contributed by atoms with Gasteiger partial charge in [-0.1, -0.05) is 29.8 Å². The number of hydrogen-bond donors (Lipinski definition) is 5. The van der Waals surface area contributed by atoms with Crippen molar-refractivity contribution in [2.75, 3.05) is 51.8 Å². The molecule has 0 aliphatic heterocycles. The highest BCUT2D eigenvalue weighted by Crippen LogP contribution is 2.33. The number of aromatic nitrogens is 3. The molecule has 10 nitrogen and oxygen atoms in total. The predicted octanol–water partition coefficient (Wildman–Crippen LogP) is 4.62. The standard InChI is InChI=1S/C34H38ClFN6O4/c1-41(12-14-44)20-32(45)31(18-37-10-13-43)42-11-9-25(19-42)24-5-7-30-28(16-24)34(39-22-38-30)40-27-6-8-33(29(35)17-27)46-21-23-3-2-4-26(36)15-23/h2-9,11,15-17,19,22,31-32,37,43-45H,10,12-14,18,20-21H2,1H3,(H,38,39,40). The highest BCUT2D eigenvalue weighted by Gasteiger charge is 2.22. The molecule has 2 heterocycles. The van der Waals surface area contributed by atoms with Gasteiger partial charge in [-0.15, -0.1) is 0 Å². The van der Waals surface area contributed by atoms with E-state index in [-0.39, 0.29) is 31.7 Å². The molecule has 46 heavy (non-hydrogen) atoms. The third-order valence-electron chi connectivity index (χ3n) is 7.61. The lowest BCUT2D eigenvalue weighted by atomic mass is 10.1. The molecule has 2 aromatic heterocycles. The smallest absolute Gasteiger partial charge is 0.141 e. The molecule has 0 amide bonds. The molecule has 0 saturated carbocycles. The number of halogens is 2. The zero-order chi connectivity index (χ0) is 32.5. The maximum Gasteiger partial charge on any atom is 0.141 e. The number of aliphatic hydroxyl groups excluding tert-OH is 3. The van der Waals surface area contributed by atoms with Crippen molar-refractivity contribution in [3.8, 4) is 16.9 Å². The Kier molecular flexibility index (Phi) is 11.5. The topological polar surface area (TPSA) is 128 Å². The molecular formula is C34H38ClFN6O4. The van der Waals surface area contributed by atoms with Gasteiger partial charge in [-0.3, -0.25) is 0 Å². The average Bonchev–Trinajstić information content (AvgIpc) is 3.53. The lowest BCUT2D eigenvalue weighted by Crippen LogP contribution is -2.41. The SMILES string of the molecule is CN(CCO)CC(O)C(CNCCO)n1ccc(-c2ccc3ncnc(Nc4ccc(OCc5cccc(F)c5)c(Cl)c4)c3c2)c1. The fourth-order valence-corrected chi connectivity index (χ4v) is 5.45. The number of nitrogens with zero attached hydrogens (tertiary/aromatic N) is 4. The summed E-state index contributed by atoms with van der Waals surface area (Å²) in [6.45, 7) is 1.91. The van der Waals surface area contributed by atoms with Gasteiger partial charge in [0.05, 0.1) is 35.9 Å². The molecule has 5 N–H and O–H groups in total. The molecular weight excluding hydrogens is 611 g/mol. The number of likely N-dealkylation sites (N-methyl/N-ethyl adjacent to an activating group) is 1. The second-order valence-electron chi connectivity index (χ2n) is 11.0. The Morgan fingerprint density at radius 3 is 2.67 bits per heavy atom. The number of fused-ring (bicyclic) bond motifs is 1. The van der Waals surface area contributed by atoms with Crippen LogP contribution in [0.5, 0.6) is 5.75 Å². The molecule has 0 bridgehead atoms. The second kappa shape index (κ2) is 15.9. The monoisotopic (exact) mass is 648 g/mol. The summed E-state index contributed by atoms with van der Waals surface area (Å²) in [6.07, 6.45) is 4.70. The van der Waals surface area contributed by atoms with E-state index in [9.17, 15) is 19.7 Å². The van der Waals surface area contributed by atoms with Crippen molar-refractivity contribution in [1.29, 1.82) is 0 Å². The van der Waals surface area contributed by atoms with Gasteiger partial charge in [0.25, 0.3) is 0 Å². The van der Waals surface area contributed by atoms with E-state index in [0.717, 1.165) is 22.0 Å². The van der Waals surface area contributed by atoms with Crippen molar-refractivity contribution in [2.45, 2.75) is 18.8 Å². The molecule has 5 aromatic rings. The first kappa shape index (κ1) is 33.3. The Labute approximate surface area is 272 Å². The molecule has 0 spiro atoms. The van der Waals surface area contributed by atoms with E-state index < -0.39 is 6.10 Å². The van der Waals surface area contributed by atoms with Crippen LogP contribution in [0, 0.1) is 5.82 Å². The third-order valence-corrected chi connectivity index (χ3v) is 7.91. The lowest BCUT2D eigenvalue weighted by Gasteiger charge is -2.28. The van der Waals surface area contributed by atoms with Crippen molar-refractivity contribution in [3.05, 3.63) is 102 Å². The number of benzene rings is 3. The van der Waals surface area contributed by atoms with Crippen LogP contribution in [-0.2, 0) is 6.61 Å². The van der Waals surface area contributed by atoms with E-state index in [4.69, 9.17) is 16.3 Å². The maximum absolute atomic E-state index is 13.5. The molecule has 5 rings (SSSR count). The number of aliphatic hydroxyl groups is 3. The van der Waals surface area contributed by atoms with E-state index in [1.54, 1.807) is 24.3 Å². The van der Waals surface area contributed by atoms with Crippen molar-refractivity contribution >= 4 is 34.0 Å². The highest BCUT2D eigenvalue weighted by atomic mass is 35.5. The fraction of sp³-hybridized carbons (Fsp3) is 0.294. The molecule has 0 fully saturated rings. The van der Waals surface area contributed by atoms with Gasteiger partial charge in [-0.25, -0.2) is 14.4 Å². The van der Waals surface area contributed by atoms with Gasteiger partial charge < -0.3 is 40.2 Å². The Balaban J connectivity index is 1.34. The number of hydrogen-bond acceptors (Lipinski definition) is 9. The van der Waals surface area contributed by atoms with Gasteiger partial charge in [0.2, 0.25) is 0 Å². The van der Waals surface area contributed by atoms with Crippen LogP contribution in [0.4, 0.5) is 15.9 Å². The normalized spacial score (nSPS) is 12.8. The van der Waals surface area contributed by atoms with Crippen molar-refractivity contribution in [3.63, 3.8) is 0 Å². The van der Waals surface area contributed by atoms with Crippen LogP contribution in [0.25, 0.3) is 22.0 Å². The average molecular weight is 649 g/mol. The molecule has 3 aromatic carbocycles. The maximum atomic E-state index is 13.5. The largest absolute Gasteiger partial charge is 0.487 e. The Morgan fingerprint density at radius 1 is 1.02 bits per heavy atom. The molecule has 12 heteroatoms. The summed E-state index contributed by atoms with van der Waals surface area (Å²) in [5, 5.41) is 37.3. The van der Waals surface area contributed by atoms with E-state index in [1.165, 1.54) is 18.5 Å². The van der Waals surface area contributed by atoms with Crippen LogP contribution in [0.15, 0.2) is 85.5 Å². The number of nitrogens with one attached hydrogen (secondary N) is 2. The summed E-state index contributed by atoms with van der Waals surface area (Å²) in [4.78, 5) is 10.8. The Hall–Kier alpha value is -4.10. The van der Waals surface area contributed by atoms with Gasteiger partial charge in [0.15, 0.2) is 0 Å². The summed E-state index contributed by atoms with van der Waals surface area (Å²) in [5.74, 6) is 0.757. The van der Waals surface area contributed by atoms with Gasteiger partial charge >= 0.3 is 0 Å². The molecule has 0 aliphatic carbocycles. The minimum Gasteiger partial charge on any atom is -0.487 e. The number of rotatable bonds is 16. The van der Waals surface area contributed by atoms with E-state index in [0.29, 0.717) is 54.0 Å². The number of ether oxygens (including phenoxy) is 1. The molecule has 2 atom stereocenters. The van der Waals surface area contributed by atoms with Crippen LogP contribution in [0.2, 0.25) is 5.02 Å². The summed E-state index contributed by atoms with van der Waals surface area (Å²) in [6, 6.07) is 19.2. The van der Waals surface area contributed by atoms with Crippen molar-refractivity contribution < 1.29 is 24.4 Å². The van der Waals surface area contributed by atoms with Crippen LogP contribution >= 0.6 is 11.6 Å². The first-order chi connectivity index (χ1) is 22.3. The molecule has 0 radical (unpaired) electrons. The summed E-state index contributed by atoms with van der Waals surface area (Å²) >= 11 is 6.53. The van der Waals surface area contributed by atoms with Gasteiger partial charge in [0, 0.05) is 49.6 Å². The van der Waals surface area contributed by atoms with Crippen LogP contribution in [-0.4, -0.2) is 87.3 Å². The molecule has 0 saturated heterocycles. The molecule has 2 unspecified atom stereocenters. The van der Waals surface area contributed by atoms with E-state index >= 15 is 0 Å². The zero-order valence-corrected chi connectivity index (χ0v) is 26.2. The minimum absolute atomic E-state index is 0.000380. The second-order valence-corrected chi connectivity index (χ2v) is 11.4. The van der Waals surface area contributed by atoms with Crippen molar-refractivity contribution in [2.24, 2.45) is 0 Å². The Morgan fingerprint density at radius 2 is 1.89 bits per heavy atom. The first-order valence-corrected chi connectivity index (χ1v) is 15.4. The summed E-state index contributed by atoms with van der Waals surface area (Å²) < 4.78 is 21.3. The zero-order valence-electron chi connectivity index (χ0n) is 25.5. The number of anilines is 2. The van der Waals surface area contributed by atoms with Crippen LogP contribution < -0.4 is 15.4 Å². The van der Waals surface area contributed by atoms with Crippen molar-refractivity contribution in [1.82, 2.24) is 24.8 Å². The first-order valence-electron chi connectivity index (χ1n) is 15.0. The van der Waals surface area contributed by atoms with Crippen LogP contribution in [0.1, 0.15) is 11.6 Å². The molecule has 242 valence electrons. The van der Waals surface area contributed by atoms with Gasteiger partial charge in [-0.05, 0) is 72.3 Å². The summed E-state index contributed by atoms with van der Waals surface area (Å²) in [5.41, 5.74) is 4.06. The third kappa shape index (κ3) is 8.58. The summed E-state index contributed by atoms with van der Waals surface area (Å²) in [7, 11) is 1.85. The quantitative estimate of drug-likeness (QED) is 0.0974. The lowest BCUT2D eigenvalue weighted by molar-refractivity contribution is 0.0699. The van der Waals surface area contributed by atoms with Crippen LogP contribution in [0.3, 0.4) is 0 Å². The predicted molar refractivity (Wildman–Crippen MR) is 178 cm³/mol. The highest BCUT2D eigenvalue weighted by molar-refractivity contribution is 6.32. The van der Waals surface area contributed by atoms with E-state index in [2.05, 4.69) is 20.6 Å². The van der Waals surface area contributed by atoms with E-state index in [1.807, 2.05) is 59.2 Å².